The molecule has 1 atom stereocenters. The minimum Gasteiger partial charge on any atom is -0.354 e. The summed E-state index contributed by atoms with van der Waals surface area (Å²) in [5.41, 5.74) is 1.61. The predicted molar refractivity (Wildman–Crippen MR) is 127 cm³/mol. The lowest BCUT2D eigenvalue weighted by Gasteiger charge is -2.21. The molecule has 0 spiro atoms. The van der Waals surface area contributed by atoms with Crippen molar-refractivity contribution in [3.63, 3.8) is 0 Å². The Labute approximate surface area is 195 Å². The van der Waals surface area contributed by atoms with E-state index >= 15 is 0 Å². The fraction of sp³-hybridized carbons (Fsp3) is 0.520. The van der Waals surface area contributed by atoms with Crippen molar-refractivity contribution in [2.45, 2.75) is 59.7 Å². The summed E-state index contributed by atoms with van der Waals surface area (Å²) < 4.78 is 1.61. The fourth-order valence-electron chi connectivity index (χ4n) is 3.84. The zero-order valence-electron chi connectivity index (χ0n) is 20.0. The zero-order valence-corrected chi connectivity index (χ0v) is 20.0. The first-order chi connectivity index (χ1) is 15.8. The first-order valence-corrected chi connectivity index (χ1v) is 11.8. The fourth-order valence-corrected chi connectivity index (χ4v) is 3.84. The van der Waals surface area contributed by atoms with Crippen LogP contribution in [0, 0.1) is 11.8 Å². The minimum atomic E-state index is -0.670. The van der Waals surface area contributed by atoms with E-state index in [1.807, 2.05) is 44.2 Å². The molecule has 1 aromatic heterocycles. The highest BCUT2D eigenvalue weighted by molar-refractivity contribution is 5.99. The number of rotatable bonds is 9. The van der Waals surface area contributed by atoms with Gasteiger partial charge in [0.15, 0.2) is 5.69 Å². The van der Waals surface area contributed by atoms with Crippen LogP contribution in [-0.2, 0) is 17.9 Å². The van der Waals surface area contributed by atoms with E-state index in [-0.39, 0.29) is 23.4 Å². The van der Waals surface area contributed by atoms with E-state index in [1.54, 1.807) is 9.58 Å². The molecular weight excluding hydrogens is 418 g/mol. The number of amides is 3. The largest absolute Gasteiger partial charge is 0.354 e. The van der Waals surface area contributed by atoms with Crippen LogP contribution in [-0.4, -0.2) is 51.5 Å². The van der Waals surface area contributed by atoms with E-state index in [0.717, 1.165) is 18.4 Å². The summed E-state index contributed by atoms with van der Waals surface area (Å²) in [4.78, 5) is 40.5. The third kappa shape index (κ3) is 6.43. The van der Waals surface area contributed by atoms with Gasteiger partial charge in [-0.2, -0.15) is 5.10 Å². The number of carbonyl (C=O) groups is 3. The van der Waals surface area contributed by atoms with Crippen molar-refractivity contribution in [1.29, 1.82) is 0 Å². The summed E-state index contributed by atoms with van der Waals surface area (Å²) in [5, 5.41) is 10.1. The van der Waals surface area contributed by atoms with Gasteiger partial charge in [0.1, 0.15) is 11.7 Å². The second-order valence-electron chi connectivity index (χ2n) is 9.37. The SMILES string of the molecule is CC(C)CCNC(=O)[C@H](NC(=O)c1cc2n(n1)CCCN(Cc1ccccc1)C2=O)C(C)C. The molecule has 3 rings (SSSR count). The lowest BCUT2D eigenvalue weighted by Crippen LogP contribution is -2.50. The maximum atomic E-state index is 13.2. The van der Waals surface area contributed by atoms with Crippen molar-refractivity contribution in [3.05, 3.63) is 53.3 Å². The molecule has 0 aliphatic carbocycles. The van der Waals surface area contributed by atoms with Gasteiger partial charge in [0.2, 0.25) is 5.91 Å². The number of carbonyl (C=O) groups excluding carboxylic acids is 3. The summed E-state index contributed by atoms with van der Waals surface area (Å²) in [6.07, 6.45) is 1.63. The molecule has 1 aliphatic rings. The Morgan fingerprint density at radius 3 is 2.48 bits per heavy atom. The number of aryl methyl sites for hydroxylation is 1. The highest BCUT2D eigenvalue weighted by Crippen LogP contribution is 2.17. The molecule has 8 heteroatoms. The summed E-state index contributed by atoms with van der Waals surface area (Å²) >= 11 is 0. The number of hydrogen-bond acceptors (Lipinski definition) is 4. The van der Waals surface area contributed by atoms with Crippen LogP contribution in [0.25, 0.3) is 0 Å². The third-order valence-electron chi connectivity index (χ3n) is 5.79. The Hall–Kier alpha value is -3.16. The highest BCUT2D eigenvalue weighted by Gasteiger charge is 2.29. The monoisotopic (exact) mass is 453 g/mol. The van der Waals surface area contributed by atoms with Gasteiger partial charge >= 0.3 is 0 Å². The predicted octanol–water partition coefficient (Wildman–Crippen LogP) is 2.85. The summed E-state index contributed by atoms with van der Waals surface area (Å²) in [7, 11) is 0. The molecule has 0 fully saturated rings. The summed E-state index contributed by atoms with van der Waals surface area (Å²) in [6.45, 7) is 10.2. The molecule has 0 unspecified atom stereocenters. The Balaban J connectivity index is 1.70. The molecule has 0 bridgehead atoms. The van der Waals surface area contributed by atoms with Crippen molar-refractivity contribution < 1.29 is 14.4 Å². The minimum absolute atomic E-state index is 0.0866. The Bertz CT molecular complexity index is 968. The van der Waals surface area contributed by atoms with Crippen molar-refractivity contribution in [2.24, 2.45) is 11.8 Å². The van der Waals surface area contributed by atoms with Gasteiger partial charge in [0.05, 0.1) is 0 Å². The molecule has 0 saturated carbocycles. The molecule has 1 aromatic carbocycles. The molecule has 178 valence electrons. The van der Waals surface area contributed by atoms with E-state index in [4.69, 9.17) is 0 Å². The van der Waals surface area contributed by atoms with E-state index in [0.29, 0.717) is 37.8 Å². The standard InChI is InChI=1S/C25H35N5O3/c1-17(2)11-12-26-24(32)22(18(3)4)27-23(31)20-15-21-25(33)29(13-8-14-30(21)28-20)16-19-9-6-5-7-10-19/h5-7,9-10,15,17-18,22H,8,11-14,16H2,1-4H3,(H,26,32)(H,27,31)/t22-/m1/s1. The van der Waals surface area contributed by atoms with Gasteiger partial charge in [-0.1, -0.05) is 58.0 Å². The van der Waals surface area contributed by atoms with Crippen LogP contribution in [0.3, 0.4) is 0 Å². The van der Waals surface area contributed by atoms with Crippen molar-refractivity contribution >= 4 is 17.7 Å². The van der Waals surface area contributed by atoms with Gasteiger partial charge in [-0.15, -0.1) is 0 Å². The maximum absolute atomic E-state index is 13.2. The lowest BCUT2D eigenvalue weighted by atomic mass is 10.0. The number of fused-ring (bicyclic) bond motifs is 1. The molecule has 0 saturated heterocycles. The smallest absolute Gasteiger partial charge is 0.272 e. The van der Waals surface area contributed by atoms with Gasteiger partial charge < -0.3 is 15.5 Å². The molecule has 2 N–H and O–H groups in total. The zero-order chi connectivity index (χ0) is 24.0. The Kier molecular flexibility index (Phi) is 8.25. The second kappa shape index (κ2) is 11.1. The van der Waals surface area contributed by atoms with Crippen LogP contribution < -0.4 is 10.6 Å². The van der Waals surface area contributed by atoms with Gasteiger partial charge in [0.25, 0.3) is 11.8 Å². The van der Waals surface area contributed by atoms with Crippen LogP contribution in [0.15, 0.2) is 36.4 Å². The van der Waals surface area contributed by atoms with Crippen molar-refractivity contribution in [2.75, 3.05) is 13.1 Å². The first-order valence-electron chi connectivity index (χ1n) is 11.8. The number of hydrogen-bond donors (Lipinski definition) is 2. The topological polar surface area (TPSA) is 96.3 Å². The number of benzene rings is 1. The normalized spacial score (nSPS) is 14.7. The van der Waals surface area contributed by atoms with E-state index in [9.17, 15) is 14.4 Å². The average Bonchev–Trinajstić information content (AvgIpc) is 3.14. The Morgan fingerprint density at radius 1 is 1.09 bits per heavy atom. The number of nitrogens with zero attached hydrogens (tertiary/aromatic N) is 3. The van der Waals surface area contributed by atoms with Crippen LogP contribution >= 0.6 is 0 Å². The van der Waals surface area contributed by atoms with Crippen LogP contribution in [0.5, 0.6) is 0 Å². The Morgan fingerprint density at radius 2 is 1.82 bits per heavy atom. The van der Waals surface area contributed by atoms with E-state index in [2.05, 4.69) is 29.6 Å². The van der Waals surface area contributed by atoms with E-state index in [1.165, 1.54) is 6.07 Å². The lowest BCUT2D eigenvalue weighted by molar-refractivity contribution is -0.123. The number of nitrogens with one attached hydrogen (secondary N) is 2. The molecule has 1 aliphatic heterocycles. The highest BCUT2D eigenvalue weighted by atomic mass is 16.2. The first kappa shape index (κ1) is 24.5. The molecule has 3 amide bonds. The van der Waals surface area contributed by atoms with Crippen molar-refractivity contribution in [3.8, 4) is 0 Å². The van der Waals surface area contributed by atoms with Crippen LogP contribution in [0.4, 0.5) is 0 Å². The molecule has 0 radical (unpaired) electrons. The summed E-state index contributed by atoms with van der Waals surface area (Å²) in [5.74, 6) is -0.399. The average molecular weight is 454 g/mol. The molecule has 2 heterocycles. The molecular formula is C25H35N5O3. The van der Waals surface area contributed by atoms with Crippen LogP contribution in [0.1, 0.15) is 67.1 Å². The molecule has 33 heavy (non-hydrogen) atoms. The molecule has 8 nitrogen and oxygen atoms in total. The number of aromatic nitrogens is 2. The van der Waals surface area contributed by atoms with Crippen molar-refractivity contribution in [1.82, 2.24) is 25.3 Å². The second-order valence-corrected chi connectivity index (χ2v) is 9.37. The van der Waals surface area contributed by atoms with Gasteiger partial charge in [-0.25, -0.2) is 0 Å². The molecule has 2 aromatic rings. The summed E-state index contributed by atoms with van der Waals surface area (Å²) in [6, 6.07) is 10.7. The van der Waals surface area contributed by atoms with Gasteiger partial charge in [-0.3, -0.25) is 19.1 Å². The van der Waals surface area contributed by atoms with Gasteiger partial charge in [0, 0.05) is 32.2 Å². The maximum Gasteiger partial charge on any atom is 0.272 e. The quantitative estimate of drug-likeness (QED) is 0.610. The van der Waals surface area contributed by atoms with Gasteiger partial charge in [-0.05, 0) is 30.2 Å². The van der Waals surface area contributed by atoms with Crippen LogP contribution in [0.2, 0.25) is 0 Å². The third-order valence-corrected chi connectivity index (χ3v) is 5.79. The van der Waals surface area contributed by atoms with E-state index < -0.39 is 11.9 Å².